The Morgan fingerprint density at radius 3 is 2.68 bits per heavy atom. The first-order chi connectivity index (χ1) is 9.06. The van der Waals surface area contributed by atoms with Crippen molar-refractivity contribution in [2.45, 2.75) is 25.8 Å². The lowest BCUT2D eigenvalue weighted by molar-refractivity contribution is 0.529. The molecule has 2 rings (SSSR count). The Morgan fingerprint density at radius 1 is 1.47 bits per heavy atom. The fraction of sp³-hybridized carbons (Fsp3) is 0.500. The highest BCUT2D eigenvalue weighted by Gasteiger charge is 2.19. The third-order valence-corrected chi connectivity index (χ3v) is 3.67. The first kappa shape index (κ1) is 14.0. The van der Waals surface area contributed by atoms with Crippen molar-refractivity contribution in [3.05, 3.63) is 34.4 Å². The first-order valence-electron chi connectivity index (χ1n) is 6.21. The van der Waals surface area contributed by atoms with Crippen molar-refractivity contribution in [3.63, 3.8) is 0 Å². The lowest BCUT2D eigenvalue weighted by Crippen LogP contribution is -2.30. The molecule has 0 radical (unpaired) electrons. The number of nitrogens with zero attached hydrogens (tertiary/aromatic N) is 4. The van der Waals surface area contributed by atoms with Crippen molar-refractivity contribution >= 4 is 11.6 Å². The van der Waals surface area contributed by atoms with Crippen molar-refractivity contribution in [1.82, 2.24) is 25.0 Å². The molecule has 0 aliphatic heterocycles. The van der Waals surface area contributed by atoms with E-state index < -0.39 is 0 Å². The van der Waals surface area contributed by atoms with Crippen LogP contribution in [-0.2, 0) is 26.9 Å². The zero-order chi connectivity index (χ0) is 14.0. The Morgan fingerprint density at radius 2 is 2.21 bits per heavy atom. The molecule has 6 nitrogen and oxygen atoms in total. The van der Waals surface area contributed by atoms with Gasteiger partial charge >= 0.3 is 0 Å². The molecule has 0 aromatic carbocycles. The molecule has 2 aromatic rings. The number of aryl methyl sites for hydroxylation is 3. The fourth-order valence-electron chi connectivity index (χ4n) is 2.13. The van der Waals surface area contributed by atoms with E-state index in [0.29, 0.717) is 6.42 Å². The smallest absolute Gasteiger partial charge is 0.0850 e. The number of hydrogen-bond donors (Lipinski definition) is 2. The monoisotopic (exact) mass is 282 g/mol. The number of hydrogen-bond acceptors (Lipinski definition) is 4. The average molecular weight is 283 g/mol. The number of nitrogens with one attached hydrogen (secondary N) is 1. The molecule has 0 aliphatic carbocycles. The van der Waals surface area contributed by atoms with Gasteiger partial charge in [0.25, 0.3) is 0 Å². The molecule has 2 aromatic heterocycles. The van der Waals surface area contributed by atoms with Gasteiger partial charge in [0.05, 0.1) is 28.6 Å². The van der Waals surface area contributed by atoms with Crippen LogP contribution in [0.4, 0.5) is 0 Å². The summed E-state index contributed by atoms with van der Waals surface area (Å²) < 4.78 is 3.57. The van der Waals surface area contributed by atoms with Crippen LogP contribution >= 0.6 is 11.6 Å². The molecule has 0 aliphatic rings. The Balaban J connectivity index is 2.26. The molecule has 0 saturated carbocycles. The molecule has 104 valence electrons. The summed E-state index contributed by atoms with van der Waals surface area (Å²) in [6.07, 6.45) is 5.23. The average Bonchev–Trinajstić information content (AvgIpc) is 2.92. The third kappa shape index (κ3) is 2.80. The van der Waals surface area contributed by atoms with Gasteiger partial charge in [-0.1, -0.05) is 18.5 Å². The van der Waals surface area contributed by atoms with E-state index in [-0.39, 0.29) is 6.04 Å². The van der Waals surface area contributed by atoms with Gasteiger partial charge < -0.3 is 0 Å². The summed E-state index contributed by atoms with van der Waals surface area (Å²) in [5.41, 5.74) is 5.73. The van der Waals surface area contributed by atoms with Gasteiger partial charge in [0.1, 0.15) is 0 Å². The predicted molar refractivity (Wildman–Crippen MR) is 74.6 cm³/mol. The summed E-state index contributed by atoms with van der Waals surface area (Å²) in [6, 6.07) is -0.0358. The normalized spacial score (nSPS) is 12.9. The minimum Gasteiger partial charge on any atom is -0.275 e. The predicted octanol–water partition coefficient (Wildman–Crippen LogP) is 1.12. The molecule has 1 atom stereocenters. The van der Waals surface area contributed by atoms with Crippen molar-refractivity contribution in [1.29, 1.82) is 0 Å². The summed E-state index contributed by atoms with van der Waals surface area (Å²) >= 11 is 6.35. The van der Waals surface area contributed by atoms with Gasteiger partial charge in [0, 0.05) is 32.3 Å². The van der Waals surface area contributed by atoms with Crippen molar-refractivity contribution in [2.24, 2.45) is 19.9 Å². The maximum atomic E-state index is 6.35. The molecule has 0 spiro atoms. The topological polar surface area (TPSA) is 73.7 Å². The van der Waals surface area contributed by atoms with Crippen LogP contribution in [0.2, 0.25) is 5.02 Å². The Kier molecular flexibility index (Phi) is 4.24. The van der Waals surface area contributed by atoms with E-state index in [1.807, 2.05) is 31.9 Å². The lowest BCUT2D eigenvalue weighted by Gasteiger charge is -2.14. The van der Waals surface area contributed by atoms with Crippen LogP contribution in [0, 0.1) is 0 Å². The summed E-state index contributed by atoms with van der Waals surface area (Å²) in [7, 11) is 3.78. The Labute approximate surface area is 117 Å². The van der Waals surface area contributed by atoms with E-state index in [4.69, 9.17) is 17.4 Å². The number of nitrogens with two attached hydrogens (primary N) is 1. The van der Waals surface area contributed by atoms with Crippen LogP contribution in [-0.4, -0.2) is 19.6 Å². The van der Waals surface area contributed by atoms with Gasteiger partial charge in [0.2, 0.25) is 0 Å². The quantitative estimate of drug-likeness (QED) is 0.637. The van der Waals surface area contributed by atoms with Crippen LogP contribution in [0.15, 0.2) is 12.4 Å². The second-order valence-corrected chi connectivity index (χ2v) is 4.93. The molecule has 3 N–H and O–H groups in total. The van der Waals surface area contributed by atoms with E-state index in [1.54, 1.807) is 10.9 Å². The van der Waals surface area contributed by atoms with Crippen molar-refractivity contribution in [2.75, 3.05) is 0 Å². The second-order valence-electron chi connectivity index (χ2n) is 4.56. The third-order valence-electron chi connectivity index (χ3n) is 3.23. The molecule has 0 bridgehead atoms. The molecule has 0 fully saturated rings. The maximum absolute atomic E-state index is 6.35. The lowest BCUT2D eigenvalue weighted by atomic mass is 10.1. The minimum atomic E-state index is -0.0358. The number of halogens is 1. The van der Waals surface area contributed by atoms with Gasteiger partial charge in [-0.2, -0.15) is 10.2 Å². The highest BCUT2D eigenvalue weighted by Crippen LogP contribution is 2.25. The first-order valence-corrected chi connectivity index (χ1v) is 6.59. The maximum Gasteiger partial charge on any atom is 0.0850 e. The van der Waals surface area contributed by atoms with Gasteiger partial charge in [-0.3, -0.25) is 20.6 Å². The van der Waals surface area contributed by atoms with Crippen LogP contribution in [0.1, 0.15) is 29.9 Å². The van der Waals surface area contributed by atoms with E-state index >= 15 is 0 Å². The van der Waals surface area contributed by atoms with Crippen LogP contribution < -0.4 is 11.3 Å². The van der Waals surface area contributed by atoms with Crippen LogP contribution in [0.3, 0.4) is 0 Å². The van der Waals surface area contributed by atoms with Crippen molar-refractivity contribution in [3.8, 4) is 0 Å². The van der Waals surface area contributed by atoms with Crippen molar-refractivity contribution < 1.29 is 0 Å². The number of aromatic nitrogens is 4. The Hall–Kier alpha value is -1.37. The summed E-state index contributed by atoms with van der Waals surface area (Å²) in [5, 5.41) is 9.30. The van der Waals surface area contributed by atoms with Gasteiger partial charge in [-0.15, -0.1) is 0 Å². The van der Waals surface area contributed by atoms with Crippen LogP contribution in [0.25, 0.3) is 0 Å². The van der Waals surface area contributed by atoms with Gasteiger partial charge in [0.15, 0.2) is 0 Å². The zero-order valence-electron chi connectivity index (χ0n) is 11.4. The van der Waals surface area contributed by atoms with E-state index in [0.717, 1.165) is 28.4 Å². The van der Waals surface area contributed by atoms with Gasteiger partial charge in [-0.25, -0.2) is 0 Å². The summed E-state index contributed by atoms with van der Waals surface area (Å²) in [5.74, 6) is 5.64. The van der Waals surface area contributed by atoms with E-state index in [9.17, 15) is 0 Å². The SMILES string of the molecule is CCc1nn(C)c(CC(NN)c2cnn(C)c2)c1Cl. The van der Waals surface area contributed by atoms with E-state index in [1.165, 1.54) is 0 Å². The summed E-state index contributed by atoms with van der Waals surface area (Å²) in [4.78, 5) is 0. The molecule has 0 saturated heterocycles. The van der Waals surface area contributed by atoms with E-state index in [2.05, 4.69) is 15.6 Å². The molecule has 0 amide bonds. The zero-order valence-corrected chi connectivity index (χ0v) is 12.1. The minimum absolute atomic E-state index is 0.0358. The standard InChI is InChI=1S/C12H19ClN6/c1-4-9-12(13)11(19(3)17-9)5-10(16-14)8-6-15-18(2)7-8/h6-7,10,16H,4-5,14H2,1-3H3. The highest BCUT2D eigenvalue weighted by atomic mass is 35.5. The fourth-order valence-corrected chi connectivity index (χ4v) is 2.50. The number of hydrazine groups is 1. The largest absolute Gasteiger partial charge is 0.275 e. The van der Waals surface area contributed by atoms with Crippen LogP contribution in [0.5, 0.6) is 0 Å². The molecule has 7 heteroatoms. The van der Waals surface area contributed by atoms with Gasteiger partial charge in [-0.05, 0) is 6.42 Å². The molecule has 1 unspecified atom stereocenters. The molecule has 19 heavy (non-hydrogen) atoms. The molecular formula is C12H19ClN6. The Bertz CT molecular complexity index is 559. The number of rotatable bonds is 5. The molecular weight excluding hydrogens is 264 g/mol. The highest BCUT2D eigenvalue weighted by molar-refractivity contribution is 6.31. The summed E-state index contributed by atoms with van der Waals surface area (Å²) in [6.45, 7) is 2.04. The second kappa shape index (κ2) is 5.73. The molecule has 2 heterocycles.